The van der Waals surface area contributed by atoms with Gasteiger partial charge in [0.15, 0.2) is 0 Å². The number of carbonyl (C=O) groups is 2. The van der Waals surface area contributed by atoms with Gasteiger partial charge in [-0.15, -0.1) is 0 Å². The molecule has 3 nitrogen and oxygen atoms in total. The minimum absolute atomic E-state index is 0.148. The first-order chi connectivity index (χ1) is 19.3. The molecule has 0 radical (unpaired) electrons. The summed E-state index contributed by atoms with van der Waals surface area (Å²) in [6.07, 6.45) is 1.06. The number of rotatable bonds is 15. The molecule has 0 aliphatic heterocycles. The molecule has 0 heterocycles. The number of hydrogen-bond acceptors (Lipinski definition) is 2. The van der Waals surface area contributed by atoms with Gasteiger partial charge in [-0.05, 0) is 30.7 Å². The highest BCUT2D eigenvalue weighted by atomic mass is 19.4. The van der Waals surface area contributed by atoms with E-state index in [2.05, 4.69) is 6.92 Å². The minimum atomic E-state index is -5.14. The number of amides is 2. The monoisotopic (exact) mass is 593 g/mol. The lowest BCUT2D eigenvalue weighted by Gasteiger charge is -2.23. The Hall–Kier alpha value is -2.98. The fourth-order valence-electron chi connectivity index (χ4n) is 4.53. The molecule has 2 amide bonds. The molecule has 41 heavy (non-hydrogen) atoms. The van der Waals surface area contributed by atoms with Crippen molar-refractivity contribution in [3.63, 3.8) is 0 Å². The maximum atomic E-state index is 14.7. The smallest absolute Gasteiger partial charge is 0.274 e. The molecule has 0 fully saturated rings. The SMILES string of the molecule is CCCCCCCCCCCCCCN(C(=O)c1cccc(C(F)(F)F)c1F)C(=O)c1cccc(C(F)(F)F)c1F. The number of halogens is 8. The van der Waals surface area contributed by atoms with Crippen LogP contribution >= 0.6 is 0 Å². The van der Waals surface area contributed by atoms with Crippen molar-refractivity contribution >= 4 is 11.8 Å². The first-order valence-corrected chi connectivity index (χ1v) is 13.9. The third-order valence-corrected chi connectivity index (χ3v) is 6.79. The van der Waals surface area contributed by atoms with Crippen LogP contribution in [0.5, 0.6) is 0 Å². The van der Waals surface area contributed by atoms with Gasteiger partial charge >= 0.3 is 12.4 Å². The Morgan fingerprint density at radius 3 is 1.27 bits per heavy atom. The number of alkyl halides is 6. The molecule has 0 unspecified atom stereocenters. The van der Waals surface area contributed by atoms with Gasteiger partial charge in [0, 0.05) is 6.54 Å². The molecule has 0 spiro atoms. The predicted octanol–water partition coefficient (Wildman–Crippen LogP) is 9.99. The van der Waals surface area contributed by atoms with Crippen LogP contribution < -0.4 is 0 Å². The first kappa shape index (κ1) is 34.2. The maximum Gasteiger partial charge on any atom is 0.419 e. The third-order valence-electron chi connectivity index (χ3n) is 6.79. The van der Waals surface area contributed by atoms with Gasteiger partial charge in [-0.2, -0.15) is 26.3 Å². The summed E-state index contributed by atoms with van der Waals surface area (Å²) < 4.78 is 109. The van der Waals surface area contributed by atoms with Gasteiger partial charge in [-0.25, -0.2) is 8.78 Å². The number of imide groups is 1. The average Bonchev–Trinajstić information content (AvgIpc) is 2.89. The van der Waals surface area contributed by atoms with Crippen molar-refractivity contribution in [1.29, 1.82) is 0 Å². The number of nitrogens with zero attached hydrogens (tertiary/aromatic N) is 1. The molecule has 0 saturated carbocycles. The molecule has 0 aliphatic rings. The number of carbonyl (C=O) groups excluding carboxylic acids is 2. The zero-order valence-electron chi connectivity index (χ0n) is 22.9. The highest BCUT2D eigenvalue weighted by Crippen LogP contribution is 2.34. The largest absolute Gasteiger partial charge is 0.419 e. The summed E-state index contributed by atoms with van der Waals surface area (Å²) in [6.45, 7) is 1.71. The van der Waals surface area contributed by atoms with Crippen molar-refractivity contribution in [1.82, 2.24) is 4.90 Å². The standard InChI is InChI=1S/C30H35F8NO2/c1-2-3-4-5-6-7-8-9-10-11-12-13-20-39(27(40)21-16-14-18-23(25(21)31)29(33,34)35)28(41)22-17-15-19-24(26(22)32)30(36,37)38/h14-19H,2-13,20H2,1H3. The topological polar surface area (TPSA) is 37.4 Å². The molecule has 0 N–H and O–H groups in total. The Labute approximate surface area is 234 Å². The van der Waals surface area contributed by atoms with E-state index in [1.807, 2.05) is 0 Å². The predicted molar refractivity (Wildman–Crippen MR) is 139 cm³/mol. The van der Waals surface area contributed by atoms with Crippen molar-refractivity contribution in [2.45, 2.75) is 96.3 Å². The van der Waals surface area contributed by atoms with E-state index in [4.69, 9.17) is 0 Å². The van der Waals surface area contributed by atoms with E-state index in [9.17, 15) is 44.7 Å². The summed E-state index contributed by atoms with van der Waals surface area (Å²) in [5.74, 6) is -6.86. The first-order valence-electron chi connectivity index (χ1n) is 13.9. The van der Waals surface area contributed by atoms with Crippen LogP contribution in [-0.4, -0.2) is 23.3 Å². The van der Waals surface area contributed by atoms with Crippen LogP contribution in [0, 0.1) is 11.6 Å². The summed E-state index contributed by atoms with van der Waals surface area (Å²) in [6, 6.07) is 3.84. The highest BCUT2D eigenvalue weighted by molar-refractivity contribution is 6.10. The zero-order chi connectivity index (χ0) is 30.6. The van der Waals surface area contributed by atoms with Crippen molar-refractivity contribution in [2.75, 3.05) is 6.54 Å². The summed E-state index contributed by atoms with van der Waals surface area (Å²) in [4.78, 5) is 26.6. The minimum Gasteiger partial charge on any atom is -0.274 e. The highest BCUT2D eigenvalue weighted by Gasteiger charge is 2.39. The Morgan fingerprint density at radius 2 is 0.927 bits per heavy atom. The molecule has 11 heteroatoms. The summed E-state index contributed by atoms with van der Waals surface area (Å²) in [5, 5.41) is 0. The maximum absolute atomic E-state index is 14.7. The quantitative estimate of drug-likeness (QED) is 0.117. The fraction of sp³-hybridized carbons (Fsp3) is 0.533. The van der Waals surface area contributed by atoms with Crippen LogP contribution in [0.4, 0.5) is 35.1 Å². The second-order valence-electron chi connectivity index (χ2n) is 9.98. The third kappa shape index (κ3) is 10.1. The lowest BCUT2D eigenvalue weighted by molar-refractivity contribution is -0.140. The molecule has 0 atom stereocenters. The molecular formula is C30H35F8NO2. The molecule has 2 aromatic rings. The molecular weight excluding hydrogens is 558 g/mol. The molecule has 228 valence electrons. The van der Waals surface area contributed by atoms with Crippen LogP contribution in [0.3, 0.4) is 0 Å². The molecule has 0 aliphatic carbocycles. The van der Waals surface area contributed by atoms with E-state index < -0.39 is 64.6 Å². The second-order valence-corrected chi connectivity index (χ2v) is 9.98. The van der Waals surface area contributed by atoms with Crippen LogP contribution in [-0.2, 0) is 12.4 Å². The van der Waals surface area contributed by atoms with Crippen molar-refractivity contribution in [3.8, 4) is 0 Å². The van der Waals surface area contributed by atoms with E-state index in [1.165, 1.54) is 25.7 Å². The van der Waals surface area contributed by atoms with Gasteiger partial charge in [-0.3, -0.25) is 14.5 Å². The van der Waals surface area contributed by atoms with E-state index in [-0.39, 0.29) is 6.42 Å². The normalized spacial score (nSPS) is 12.0. The summed E-state index contributed by atoms with van der Waals surface area (Å²) >= 11 is 0. The van der Waals surface area contributed by atoms with Crippen molar-refractivity contribution in [3.05, 3.63) is 70.3 Å². The molecule has 2 rings (SSSR count). The molecule has 2 aromatic carbocycles. The summed E-state index contributed by atoms with van der Waals surface area (Å²) in [7, 11) is 0. The zero-order valence-corrected chi connectivity index (χ0v) is 22.9. The van der Waals surface area contributed by atoms with E-state index in [0.717, 1.165) is 56.4 Å². The average molecular weight is 594 g/mol. The molecule has 0 bridgehead atoms. The van der Waals surface area contributed by atoms with Gasteiger partial charge < -0.3 is 0 Å². The van der Waals surface area contributed by atoms with Crippen LogP contribution in [0.25, 0.3) is 0 Å². The van der Waals surface area contributed by atoms with Crippen molar-refractivity contribution < 1.29 is 44.7 Å². The van der Waals surface area contributed by atoms with Crippen LogP contribution in [0.15, 0.2) is 36.4 Å². The molecule has 0 aromatic heterocycles. The van der Waals surface area contributed by atoms with Crippen molar-refractivity contribution in [2.24, 2.45) is 0 Å². The Bertz CT molecular complexity index is 1070. The number of unbranched alkanes of at least 4 members (excludes halogenated alkanes) is 11. The van der Waals surface area contributed by atoms with Crippen LogP contribution in [0.2, 0.25) is 0 Å². The Morgan fingerprint density at radius 1 is 0.585 bits per heavy atom. The Kier molecular flexibility index (Phi) is 13.2. The Balaban J connectivity index is 2.15. The van der Waals surface area contributed by atoms with Gasteiger partial charge in [0.2, 0.25) is 0 Å². The van der Waals surface area contributed by atoms with Gasteiger partial charge in [0.25, 0.3) is 11.8 Å². The van der Waals surface area contributed by atoms with Gasteiger partial charge in [0.05, 0.1) is 22.3 Å². The van der Waals surface area contributed by atoms with Crippen LogP contribution in [0.1, 0.15) is 116 Å². The summed E-state index contributed by atoms with van der Waals surface area (Å²) in [5.41, 5.74) is -5.68. The number of benzene rings is 2. The lowest BCUT2D eigenvalue weighted by atomic mass is 10.0. The fourth-order valence-corrected chi connectivity index (χ4v) is 4.53. The number of hydrogen-bond donors (Lipinski definition) is 0. The van der Waals surface area contributed by atoms with E-state index in [1.54, 1.807) is 0 Å². The van der Waals surface area contributed by atoms with E-state index in [0.29, 0.717) is 29.9 Å². The lowest BCUT2D eigenvalue weighted by Crippen LogP contribution is -2.39. The van der Waals surface area contributed by atoms with Gasteiger partial charge in [-0.1, -0.05) is 89.7 Å². The van der Waals surface area contributed by atoms with Gasteiger partial charge in [0.1, 0.15) is 11.6 Å². The second kappa shape index (κ2) is 15.9. The molecule has 0 saturated heterocycles. The van der Waals surface area contributed by atoms with E-state index >= 15 is 0 Å².